The zero-order valence-electron chi connectivity index (χ0n) is 11.5. The molecule has 4 heteroatoms. The second-order valence-electron chi connectivity index (χ2n) is 4.67. The van der Waals surface area contributed by atoms with Crippen molar-refractivity contribution in [1.82, 2.24) is 15.5 Å². The molecule has 3 aromatic rings. The molecule has 0 radical (unpaired) electrons. The van der Waals surface area contributed by atoms with Crippen molar-refractivity contribution in [3.05, 3.63) is 47.5 Å². The van der Waals surface area contributed by atoms with E-state index in [0.717, 1.165) is 35.1 Å². The van der Waals surface area contributed by atoms with Gasteiger partial charge < -0.3 is 5.32 Å². The molecule has 0 aliphatic heterocycles. The van der Waals surface area contributed by atoms with Crippen LogP contribution in [-0.2, 0) is 6.42 Å². The Labute approximate surface area is 122 Å². The lowest BCUT2D eigenvalue weighted by Crippen LogP contribution is -2.15. The van der Waals surface area contributed by atoms with Crippen molar-refractivity contribution in [2.24, 2.45) is 0 Å². The van der Waals surface area contributed by atoms with Crippen LogP contribution < -0.4 is 5.32 Å². The van der Waals surface area contributed by atoms with E-state index in [9.17, 15) is 0 Å². The summed E-state index contributed by atoms with van der Waals surface area (Å²) in [6.07, 6.45) is 0.944. The van der Waals surface area contributed by atoms with Gasteiger partial charge in [0.25, 0.3) is 0 Å². The fourth-order valence-electron chi connectivity index (χ4n) is 2.17. The molecule has 3 nitrogen and oxygen atoms in total. The van der Waals surface area contributed by atoms with Crippen molar-refractivity contribution in [3.8, 4) is 10.6 Å². The zero-order chi connectivity index (χ0) is 13.8. The number of rotatable bonds is 5. The fraction of sp³-hybridized carbons (Fsp3) is 0.250. The Hall–Kier alpha value is -1.78. The van der Waals surface area contributed by atoms with Gasteiger partial charge in [-0.2, -0.15) is 0 Å². The summed E-state index contributed by atoms with van der Waals surface area (Å²) in [4.78, 5) is 0. The van der Waals surface area contributed by atoms with E-state index in [1.54, 1.807) is 11.3 Å². The smallest absolute Gasteiger partial charge is 0.147 e. The monoisotopic (exact) mass is 283 g/mol. The molecule has 102 valence electrons. The molecular formula is C16H17N3S. The van der Waals surface area contributed by atoms with Crippen LogP contribution in [0.4, 0.5) is 0 Å². The van der Waals surface area contributed by atoms with Crippen LogP contribution in [0.5, 0.6) is 0 Å². The normalized spacial score (nSPS) is 11.1. The summed E-state index contributed by atoms with van der Waals surface area (Å²) in [6.45, 7) is 4.07. The molecule has 0 bridgehead atoms. The Morgan fingerprint density at radius 2 is 1.90 bits per heavy atom. The van der Waals surface area contributed by atoms with Crippen LogP contribution in [0.1, 0.15) is 11.9 Å². The summed E-state index contributed by atoms with van der Waals surface area (Å²) in [5, 5.41) is 16.5. The second kappa shape index (κ2) is 6.11. The summed E-state index contributed by atoms with van der Waals surface area (Å²) < 4.78 is 0. The molecule has 0 saturated heterocycles. The summed E-state index contributed by atoms with van der Waals surface area (Å²) >= 11 is 1.68. The molecular weight excluding hydrogens is 266 g/mol. The van der Waals surface area contributed by atoms with Crippen LogP contribution >= 0.6 is 11.3 Å². The van der Waals surface area contributed by atoms with Gasteiger partial charge in [-0.15, -0.1) is 10.2 Å². The molecule has 20 heavy (non-hydrogen) atoms. The van der Waals surface area contributed by atoms with E-state index in [2.05, 4.69) is 64.9 Å². The summed E-state index contributed by atoms with van der Waals surface area (Å²) in [5.41, 5.74) is 1.15. The van der Waals surface area contributed by atoms with Crippen molar-refractivity contribution in [3.63, 3.8) is 0 Å². The summed E-state index contributed by atoms with van der Waals surface area (Å²) in [7, 11) is 0. The number of nitrogens with one attached hydrogen (secondary N) is 1. The molecule has 0 amide bonds. The van der Waals surface area contributed by atoms with Gasteiger partial charge in [-0.1, -0.05) is 54.7 Å². The average molecular weight is 283 g/mol. The van der Waals surface area contributed by atoms with E-state index in [1.807, 2.05) is 0 Å². The Morgan fingerprint density at radius 3 is 2.75 bits per heavy atom. The topological polar surface area (TPSA) is 37.8 Å². The van der Waals surface area contributed by atoms with Gasteiger partial charge in [0.15, 0.2) is 0 Å². The van der Waals surface area contributed by atoms with Gasteiger partial charge in [-0.25, -0.2) is 0 Å². The molecule has 0 saturated carbocycles. The Kier molecular flexibility index (Phi) is 4.04. The molecule has 3 rings (SSSR count). The van der Waals surface area contributed by atoms with Crippen LogP contribution in [-0.4, -0.2) is 23.3 Å². The van der Waals surface area contributed by atoms with E-state index in [1.165, 1.54) is 10.8 Å². The second-order valence-corrected chi connectivity index (χ2v) is 5.73. The largest absolute Gasteiger partial charge is 0.317 e. The van der Waals surface area contributed by atoms with E-state index in [0.29, 0.717) is 0 Å². The highest BCUT2D eigenvalue weighted by molar-refractivity contribution is 7.14. The van der Waals surface area contributed by atoms with Gasteiger partial charge in [0.2, 0.25) is 0 Å². The van der Waals surface area contributed by atoms with Crippen molar-refractivity contribution >= 4 is 22.1 Å². The summed E-state index contributed by atoms with van der Waals surface area (Å²) in [5.74, 6) is 0. The highest BCUT2D eigenvalue weighted by Crippen LogP contribution is 2.27. The SMILES string of the molecule is CCNCCc1nnc(-c2ccc3ccccc3c2)s1. The van der Waals surface area contributed by atoms with Gasteiger partial charge in [0.05, 0.1) is 0 Å². The Balaban J connectivity index is 1.83. The molecule has 0 spiro atoms. The van der Waals surface area contributed by atoms with Gasteiger partial charge in [0.1, 0.15) is 10.0 Å². The lowest BCUT2D eigenvalue weighted by molar-refractivity contribution is 0.710. The molecule has 0 aliphatic carbocycles. The first-order chi connectivity index (χ1) is 9.86. The highest BCUT2D eigenvalue weighted by Gasteiger charge is 2.07. The predicted molar refractivity (Wildman–Crippen MR) is 85.1 cm³/mol. The van der Waals surface area contributed by atoms with E-state index >= 15 is 0 Å². The van der Waals surface area contributed by atoms with E-state index < -0.39 is 0 Å². The average Bonchev–Trinajstić information content (AvgIpc) is 2.96. The van der Waals surface area contributed by atoms with Crippen molar-refractivity contribution in [2.45, 2.75) is 13.3 Å². The van der Waals surface area contributed by atoms with Crippen molar-refractivity contribution < 1.29 is 0 Å². The maximum Gasteiger partial charge on any atom is 0.147 e. The number of benzene rings is 2. The highest BCUT2D eigenvalue weighted by atomic mass is 32.1. The van der Waals surface area contributed by atoms with Crippen LogP contribution in [0.2, 0.25) is 0 Å². The minimum Gasteiger partial charge on any atom is -0.317 e. The molecule has 1 heterocycles. The molecule has 0 aliphatic rings. The maximum atomic E-state index is 4.31. The molecule has 0 unspecified atom stereocenters. The van der Waals surface area contributed by atoms with Gasteiger partial charge >= 0.3 is 0 Å². The third-order valence-corrected chi connectivity index (χ3v) is 4.26. The molecule has 1 aromatic heterocycles. The van der Waals surface area contributed by atoms with E-state index in [4.69, 9.17) is 0 Å². The van der Waals surface area contributed by atoms with Gasteiger partial charge in [0, 0.05) is 18.5 Å². The quantitative estimate of drug-likeness (QED) is 0.728. The van der Waals surface area contributed by atoms with Gasteiger partial charge in [-0.3, -0.25) is 0 Å². The van der Waals surface area contributed by atoms with Crippen molar-refractivity contribution in [2.75, 3.05) is 13.1 Å². The van der Waals surface area contributed by atoms with Crippen LogP contribution in [0.15, 0.2) is 42.5 Å². The third kappa shape index (κ3) is 2.86. The number of fused-ring (bicyclic) bond motifs is 1. The van der Waals surface area contributed by atoms with Crippen LogP contribution in [0, 0.1) is 0 Å². The van der Waals surface area contributed by atoms with Crippen LogP contribution in [0.3, 0.4) is 0 Å². The lowest BCUT2D eigenvalue weighted by atomic mass is 10.1. The standard InChI is InChI=1S/C16H17N3S/c1-2-17-10-9-15-18-19-16(20-15)14-8-7-12-5-3-4-6-13(12)11-14/h3-8,11,17H,2,9-10H2,1H3. The molecule has 1 N–H and O–H groups in total. The number of hydrogen-bond donors (Lipinski definition) is 1. The minimum atomic E-state index is 0.944. The maximum absolute atomic E-state index is 4.31. The lowest BCUT2D eigenvalue weighted by Gasteiger charge is -1.99. The first-order valence-electron chi connectivity index (χ1n) is 6.89. The van der Waals surface area contributed by atoms with Crippen molar-refractivity contribution in [1.29, 1.82) is 0 Å². The summed E-state index contributed by atoms with van der Waals surface area (Å²) in [6, 6.07) is 14.8. The van der Waals surface area contributed by atoms with E-state index in [-0.39, 0.29) is 0 Å². The first-order valence-corrected chi connectivity index (χ1v) is 7.71. The number of nitrogens with zero attached hydrogens (tertiary/aromatic N) is 2. The molecule has 0 fully saturated rings. The molecule has 0 atom stereocenters. The van der Waals surface area contributed by atoms with Gasteiger partial charge in [-0.05, 0) is 23.4 Å². The first kappa shape index (κ1) is 13.2. The Bertz CT molecular complexity index is 706. The zero-order valence-corrected chi connectivity index (χ0v) is 12.3. The fourth-order valence-corrected chi connectivity index (χ4v) is 3.00. The Morgan fingerprint density at radius 1 is 1.05 bits per heavy atom. The number of hydrogen-bond acceptors (Lipinski definition) is 4. The van der Waals surface area contributed by atoms with Crippen LogP contribution in [0.25, 0.3) is 21.3 Å². The third-order valence-electron chi connectivity index (χ3n) is 3.23. The minimum absolute atomic E-state index is 0.944. The predicted octanol–water partition coefficient (Wildman–Crippen LogP) is 3.51. The number of likely N-dealkylation sites (N-methyl/N-ethyl adjacent to an activating group) is 1. The number of aromatic nitrogens is 2. The molecule has 2 aromatic carbocycles.